The molecular weight excluding hydrogens is 220 g/mol. The Balaban J connectivity index is 2.03. The molecule has 0 aliphatic rings. The lowest BCUT2D eigenvalue weighted by Crippen LogP contribution is -1.95. The van der Waals surface area contributed by atoms with Crippen molar-refractivity contribution in [2.24, 2.45) is 0 Å². The number of aliphatic hydroxyl groups excluding tert-OH is 1. The fourth-order valence-electron chi connectivity index (χ4n) is 1.35. The van der Waals surface area contributed by atoms with E-state index < -0.39 is 0 Å². The van der Waals surface area contributed by atoms with Gasteiger partial charge in [-0.05, 0) is 6.42 Å². The highest BCUT2D eigenvalue weighted by Crippen LogP contribution is 2.17. The molecule has 0 aromatic carbocycles. The third-order valence-electron chi connectivity index (χ3n) is 2.13. The van der Waals surface area contributed by atoms with E-state index in [0.29, 0.717) is 17.3 Å². The lowest BCUT2D eigenvalue weighted by atomic mass is 10.5. The van der Waals surface area contributed by atoms with E-state index in [1.807, 2.05) is 10.9 Å². The molecule has 0 aliphatic carbocycles. The van der Waals surface area contributed by atoms with E-state index in [9.17, 15) is 0 Å². The average molecular weight is 234 g/mol. The van der Waals surface area contributed by atoms with Crippen LogP contribution in [-0.4, -0.2) is 24.9 Å². The predicted molar refractivity (Wildman–Crippen MR) is 60.5 cm³/mol. The number of aliphatic hydroxyl groups is 1. The van der Waals surface area contributed by atoms with E-state index >= 15 is 0 Å². The number of aromatic nitrogens is 4. The van der Waals surface area contributed by atoms with Crippen LogP contribution in [0.3, 0.4) is 0 Å². The van der Waals surface area contributed by atoms with Crippen molar-refractivity contribution in [2.75, 3.05) is 0 Å². The Kier molecular flexibility index (Phi) is 3.66. The molecule has 0 bridgehead atoms. The van der Waals surface area contributed by atoms with Gasteiger partial charge in [0, 0.05) is 6.54 Å². The predicted octanol–water partition coefficient (Wildman–Crippen LogP) is 1.37. The molecule has 6 nitrogen and oxygen atoms in total. The fraction of sp³-hybridized carbons (Fsp3) is 0.364. The van der Waals surface area contributed by atoms with Crippen molar-refractivity contribution in [3.05, 3.63) is 30.5 Å². The van der Waals surface area contributed by atoms with Gasteiger partial charge in [-0.25, -0.2) is 4.98 Å². The first-order chi connectivity index (χ1) is 8.31. The second kappa shape index (κ2) is 5.40. The van der Waals surface area contributed by atoms with E-state index in [2.05, 4.69) is 22.0 Å². The average Bonchev–Trinajstić information content (AvgIpc) is 2.78. The summed E-state index contributed by atoms with van der Waals surface area (Å²) in [5.41, 5.74) is 0.513. The minimum atomic E-state index is -0.123. The van der Waals surface area contributed by atoms with Crippen LogP contribution in [-0.2, 0) is 13.2 Å². The van der Waals surface area contributed by atoms with E-state index in [4.69, 9.17) is 9.84 Å². The molecule has 2 aromatic rings. The minimum absolute atomic E-state index is 0.123. The van der Waals surface area contributed by atoms with Crippen LogP contribution >= 0.6 is 0 Å². The lowest BCUT2D eigenvalue weighted by molar-refractivity contribution is 0.276. The molecule has 2 aromatic heterocycles. The van der Waals surface area contributed by atoms with Gasteiger partial charge in [-0.3, -0.25) is 9.67 Å². The van der Waals surface area contributed by atoms with E-state index in [1.165, 1.54) is 12.4 Å². The molecule has 0 unspecified atom stereocenters. The molecule has 0 amide bonds. The highest BCUT2D eigenvalue weighted by molar-refractivity contribution is 5.19. The Bertz CT molecular complexity index is 467. The summed E-state index contributed by atoms with van der Waals surface area (Å²) in [4.78, 5) is 7.99. The maximum absolute atomic E-state index is 8.82. The normalized spacial score (nSPS) is 10.5. The molecule has 2 rings (SSSR count). The van der Waals surface area contributed by atoms with Crippen LogP contribution in [0.4, 0.5) is 0 Å². The molecule has 0 aliphatic heterocycles. The number of hydrogen-bond donors (Lipinski definition) is 1. The van der Waals surface area contributed by atoms with Gasteiger partial charge < -0.3 is 9.84 Å². The van der Waals surface area contributed by atoms with E-state index in [0.717, 1.165) is 13.0 Å². The summed E-state index contributed by atoms with van der Waals surface area (Å²) in [5, 5.41) is 13.0. The Morgan fingerprint density at radius 3 is 2.82 bits per heavy atom. The largest absolute Gasteiger partial charge is 0.434 e. The van der Waals surface area contributed by atoms with Gasteiger partial charge in [-0.15, -0.1) is 0 Å². The molecular formula is C11H14N4O2. The van der Waals surface area contributed by atoms with Crippen LogP contribution in [0.1, 0.15) is 19.0 Å². The van der Waals surface area contributed by atoms with E-state index in [-0.39, 0.29) is 6.61 Å². The van der Waals surface area contributed by atoms with Crippen LogP contribution in [0.5, 0.6) is 11.6 Å². The second-order valence-electron chi connectivity index (χ2n) is 3.55. The van der Waals surface area contributed by atoms with Gasteiger partial charge in [0.05, 0.1) is 37.1 Å². The van der Waals surface area contributed by atoms with Crippen molar-refractivity contribution < 1.29 is 9.84 Å². The van der Waals surface area contributed by atoms with Gasteiger partial charge in [-0.1, -0.05) is 6.92 Å². The summed E-state index contributed by atoms with van der Waals surface area (Å²) >= 11 is 0. The van der Waals surface area contributed by atoms with Gasteiger partial charge in [0.25, 0.3) is 0 Å². The summed E-state index contributed by atoms with van der Waals surface area (Å²) in [6.45, 7) is 2.82. The number of ether oxygens (including phenoxy) is 1. The molecule has 0 radical (unpaired) electrons. The molecule has 2 heterocycles. The molecule has 1 N–H and O–H groups in total. The van der Waals surface area contributed by atoms with Crippen LogP contribution in [0, 0.1) is 0 Å². The third-order valence-corrected chi connectivity index (χ3v) is 2.13. The van der Waals surface area contributed by atoms with Crippen molar-refractivity contribution in [1.29, 1.82) is 0 Å². The van der Waals surface area contributed by atoms with Crippen LogP contribution in [0.15, 0.2) is 24.8 Å². The van der Waals surface area contributed by atoms with Crippen molar-refractivity contribution in [3.63, 3.8) is 0 Å². The highest BCUT2D eigenvalue weighted by atomic mass is 16.5. The number of rotatable bonds is 5. The zero-order valence-electron chi connectivity index (χ0n) is 9.58. The van der Waals surface area contributed by atoms with Gasteiger partial charge in [0.15, 0.2) is 5.75 Å². The Hall–Kier alpha value is -1.95. The van der Waals surface area contributed by atoms with Gasteiger partial charge >= 0.3 is 0 Å². The second-order valence-corrected chi connectivity index (χ2v) is 3.55. The first kappa shape index (κ1) is 11.5. The summed E-state index contributed by atoms with van der Waals surface area (Å²) < 4.78 is 7.28. The topological polar surface area (TPSA) is 73.1 Å². The summed E-state index contributed by atoms with van der Waals surface area (Å²) in [5.74, 6) is 1.02. The van der Waals surface area contributed by atoms with Crippen molar-refractivity contribution in [2.45, 2.75) is 26.5 Å². The van der Waals surface area contributed by atoms with Crippen LogP contribution in [0.2, 0.25) is 0 Å². The van der Waals surface area contributed by atoms with Crippen LogP contribution in [0.25, 0.3) is 0 Å². The Labute approximate surface area is 98.9 Å². The van der Waals surface area contributed by atoms with Gasteiger partial charge in [0.2, 0.25) is 5.88 Å². The maximum atomic E-state index is 8.82. The number of nitrogens with zero attached hydrogens (tertiary/aromatic N) is 4. The molecule has 0 saturated carbocycles. The zero-order chi connectivity index (χ0) is 12.1. The molecule has 17 heavy (non-hydrogen) atoms. The van der Waals surface area contributed by atoms with Crippen molar-refractivity contribution >= 4 is 0 Å². The SMILES string of the molecule is CCCn1cc(Oc2cnc(CO)cn2)cn1. The molecule has 0 fully saturated rings. The third kappa shape index (κ3) is 3.01. The monoisotopic (exact) mass is 234 g/mol. The smallest absolute Gasteiger partial charge is 0.238 e. The summed E-state index contributed by atoms with van der Waals surface area (Å²) in [6, 6.07) is 0. The van der Waals surface area contributed by atoms with Crippen LogP contribution < -0.4 is 4.74 Å². The lowest BCUT2D eigenvalue weighted by Gasteiger charge is -2.01. The fourth-order valence-corrected chi connectivity index (χ4v) is 1.35. The Morgan fingerprint density at radius 1 is 1.29 bits per heavy atom. The first-order valence-electron chi connectivity index (χ1n) is 5.44. The minimum Gasteiger partial charge on any atom is -0.434 e. The van der Waals surface area contributed by atoms with Crippen molar-refractivity contribution in [1.82, 2.24) is 19.7 Å². The quantitative estimate of drug-likeness (QED) is 0.845. The summed E-state index contributed by atoms with van der Waals surface area (Å²) in [7, 11) is 0. The van der Waals surface area contributed by atoms with Gasteiger partial charge in [-0.2, -0.15) is 5.10 Å². The highest BCUT2D eigenvalue weighted by Gasteiger charge is 2.02. The van der Waals surface area contributed by atoms with Gasteiger partial charge in [0.1, 0.15) is 0 Å². The zero-order valence-corrected chi connectivity index (χ0v) is 9.58. The summed E-state index contributed by atoms with van der Waals surface area (Å²) in [6.07, 6.45) is 7.42. The Morgan fingerprint density at radius 2 is 2.18 bits per heavy atom. The van der Waals surface area contributed by atoms with E-state index in [1.54, 1.807) is 6.20 Å². The maximum Gasteiger partial charge on any atom is 0.238 e. The molecule has 0 atom stereocenters. The standard InChI is InChI=1S/C11H14N4O2/c1-2-3-15-7-10(5-14-15)17-11-6-12-9(8-16)4-13-11/h4-7,16H,2-3,8H2,1H3. The number of aryl methyl sites for hydroxylation is 1. The van der Waals surface area contributed by atoms with Crippen molar-refractivity contribution in [3.8, 4) is 11.6 Å². The first-order valence-corrected chi connectivity index (χ1v) is 5.44. The number of hydrogen-bond acceptors (Lipinski definition) is 5. The molecule has 0 spiro atoms. The molecule has 0 saturated heterocycles. The molecule has 6 heteroatoms. The molecule has 90 valence electrons.